The van der Waals surface area contributed by atoms with Crippen LogP contribution >= 0.6 is 0 Å². The van der Waals surface area contributed by atoms with E-state index in [0.29, 0.717) is 17.7 Å². The van der Waals surface area contributed by atoms with Gasteiger partial charge in [-0.05, 0) is 30.9 Å². The minimum atomic E-state index is -0.0799. The van der Waals surface area contributed by atoms with E-state index in [1.165, 1.54) is 31.9 Å². The fourth-order valence-electron chi connectivity index (χ4n) is 2.35. The molecule has 88 valence electrons. The maximum atomic E-state index is 11.8. The number of carbonyl (C=O) groups excluding carboxylic acids is 1. The van der Waals surface area contributed by atoms with E-state index >= 15 is 0 Å². The summed E-state index contributed by atoms with van der Waals surface area (Å²) in [6.45, 7) is 2.22. The van der Waals surface area contributed by atoms with Crippen LogP contribution in [-0.2, 0) is 0 Å². The fraction of sp³-hybridized carbons (Fsp3) is 0.615. The van der Waals surface area contributed by atoms with Gasteiger partial charge in [0, 0.05) is 6.04 Å². The van der Waals surface area contributed by atoms with Gasteiger partial charge < -0.3 is 9.73 Å². The molecule has 16 heavy (non-hydrogen) atoms. The van der Waals surface area contributed by atoms with Gasteiger partial charge in [-0.2, -0.15) is 0 Å². The van der Waals surface area contributed by atoms with Crippen molar-refractivity contribution in [1.82, 2.24) is 5.32 Å². The highest BCUT2D eigenvalue weighted by atomic mass is 16.3. The van der Waals surface area contributed by atoms with Crippen molar-refractivity contribution in [2.45, 2.75) is 45.1 Å². The molecule has 2 unspecified atom stereocenters. The van der Waals surface area contributed by atoms with E-state index in [4.69, 9.17) is 4.42 Å². The third-order valence-corrected chi connectivity index (χ3v) is 3.42. The lowest BCUT2D eigenvalue weighted by atomic mass is 9.97. The van der Waals surface area contributed by atoms with Crippen molar-refractivity contribution in [2.24, 2.45) is 5.92 Å². The van der Waals surface area contributed by atoms with Crippen molar-refractivity contribution < 1.29 is 9.21 Å². The molecule has 0 bridgehead atoms. The van der Waals surface area contributed by atoms with Crippen LogP contribution in [0, 0.1) is 5.92 Å². The molecule has 1 amide bonds. The van der Waals surface area contributed by atoms with Crippen LogP contribution < -0.4 is 5.32 Å². The van der Waals surface area contributed by atoms with Crippen LogP contribution in [0.1, 0.15) is 49.6 Å². The van der Waals surface area contributed by atoms with E-state index in [9.17, 15) is 4.79 Å². The standard InChI is InChI=1S/C13H19NO2/c1-10-6-3-2-4-7-11(10)14-13(15)12-8-5-9-16-12/h5,8-11H,2-4,6-7H2,1H3,(H,14,15). The number of carbonyl (C=O) groups is 1. The molecule has 1 aliphatic rings. The van der Waals surface area contributed by atoms with E-state index in [1.807, 2.05) is 0 Å². The molecule has 3 heteroatoms. The number of amides is 1. The van der Waals surface area contributed by atoms with Gasteiger partial charge in [-0.1, -0.05) is 26.2 Å². The summed E-state index contributed by atoms with van der Waals surface area (Å²) >= 11 is 0. The highest BCUT2D eigenvalue weighted by Gasteiger charge is 2.22. The van der Waals surface area contributed by atoms with Gasteiger partial charge in [-0.3, -0.25) is 4.79 Å². The Kier molecular flexibility index (Phi) is 3.65. The highest BCUT2D eigenvalue weighted by Crippen LogP contribution is 2.23. The summed E-state index contributed by atoms with van der Waals surface area (Å²) in [5.41, 5.74) is 0. The summed E-state index contributed by atoms with van der Waals surface area (Å²) in [6.07, 6.45) is 7.63. The molecule has 1 aliphatic carbocycles. The van der Waals surface area contributed by atoms with Gasteiger partial charge >= 0.3 is 0 Å². The highest BCUT2D eigenvalue weighted by molar-refractivity contribution is 5.91. The maximum Gasteiger partial charge on any atom is 0.287 e. The number of hydrogen-bond donors (Lipinski definition) is 1. The van der Waals surface area contributed by atoms with Crippen molar-refractivity contribution in [2.75, 3.05) is 0 Å². The van der Waals surface area contributed by atoms with Gasteiger partial charge in [0.2, 0.25) is 0 Å². The fourth-order valence-corrected chi connectivity index (χ4v) is 2.35. The van der Waals surface area contributed by atoms with E-state index in [-0.39, 0.29) is 5.91 Å². The quantitative estimate of drug-likeness (QED) is 0.780. The molecular weight excluding hydrogens is 202 g/mol. The Bertz CT molecular complexity index is 332. The minimum Gasteiger partial charge on any atom is -0.459 e. The zero-order chi connectivity index (χ0) is 11.4. The van der Waals surface area contributed by atoms with Crippen LogP contribution in [0.5, 0.6) is 0 Å². The third kappa shape index (κ3) is 2.65. The summed E-state index contributed by atoms with van der Waals surface area (Å²) in [5.74, 6) is 0.904. The lowest BCUT2D eigenvalue weighted by Gasteiger charge is -2.22. The van der Waals surface area contributed by atoms with E-state index in [2.05, 4.69) is 12.2 Å². The number of furan rings is 1. The largest absolute Gasteiger partial charge is 0.459 e. The van der Waals surface area contributed by atoms with Gasteiger partial charge in [0.1, 0.15) is 0 Å². The van der Waals surface area contributed by atoms with E-state index in [1.54, 1.807) is 12.1 Å². The molecule has 1 aromatic heterocycles. The first-order valence-corrected chi connectivity index (χ1v) is 6.12. The Morgan fingerprint density at radius 3 is 2.94 bits per heavy atom. The average molecular weight is 221 g/mol. The Hall–Kier alpha value is -1.25. The number of rotatable bonds is 2. The first-order valence-electron chi connectivity index (χ1n) is 6.12. The molecule has 1 saturated carbocycles. The third-order valence-electron chi connectivity index (χ3n) is 3.42. The summed E-state index contributed by atoms with van der Waals surface area (Å²) < 4.78 is 5.09. The van der Waals surface area contributed by atoms with Crippen LogP contribution in [0.2, 0.25) is 0 Å². The Morgan fingerprint density at radius 2 is 2.19 bits per heavy atom. The van der Waals surface area contributed by atoms with Crippen LogP contribution in [0.25, 0.3) is 0 Å². The molecule has 0 radical (unpaired) electrons. The number of nitrogens with one attached hydrogen (secondary N) is 1. The molecule has 1 aromatic rings. The van der Waals surface area contributed by atoms with Gasteiger partial charge in [-0.15, -0.1) is 0 Å². The Labute approximate surface area is 96.2 Å². The van der Waals surface area contributed by atoms with E-state index < -0.39 is 0 Å². The van der Waals surface area contributed by atoms with Crippen molar-refractivity contribution >= 4 is 5.91 Å². The molecule has 1 N–H and O–H groups in total. The molecule has 3 nitrogen and oxygen atoms in total. The zero-order valence-corrected chi connectivity index (χ0v) is 9.74. The molecule has 0 aromatic carbocycles. The van der Waals surface area contributed by atoms with Crippen LogP contribution in [0.4, 0.5) is 0 Å². The second-order valence-electron chi connectivity index (χ2n) is 4.67. The first kappa shape index (κ1) is 11.2. The molecule has 0 aliphatic heterocycles. The second-order valence-corrected chi connectivity index (χ2v) is 4.67. The van der Waals surface area contributed by atoms with Crippen LogP contribution in [0.15, 0.2) is 22.8 Å². The Balaban J connectivity index is 1.95. The van der Waals surface area contributed by atoms with Crippen LogP contribution in [-0.4, -0.2) is 11.9 Å². The van der Waals surface area contributed by atoms with E-state index in [0.717, 1.165) is 6.42 Å². The smallest absolute Gasteiger partial charge is 0.287 e. The van der Waals surface area contributed by atoms with Gasteiger partial charge in [-0.25, -0.2) is 0 Å². The lowest BCUT2D eigenvalue weighted by molar-refractivity contribution is 0.0893. The van der Waals surface area contributed by atoms with Crippen molar-refractivity contribution in [3.05, 3.63) is 24.2 Å². The molecule has 2 atom stereocenters. The predicted octanol–water partition coefficient (Wildman–Crippen LogP) is 2.98. The minimum absolute atomic E-state index is 0.0799. The maximum absolute atomic E-state index is 11.8. The Morgan fingerprint density at radius 1 is 1.38 bits per heavy atom. The second kappa shape index (κ2) is 5.19. The van der Waals surface area contributed by atoms with Gasteiger partial charge in [0.15, 0.2) is 5.76 Å². The van der Waals surface area contributed by atoms with Gasteiger partial charge in [0.25, 0.3) is 5.91 Å². The SMILES string of the molecule is CC1CCCCCC1NC(=O)c1ccco1. The van der Waals surface area contributed by atoms with Crippen molar-refractivity contribution in [3.63, 3.8) is 0 Å². The summed E-state index contributed by atoms with van der Waals surface area (Å²) in [4.78, 5) is 11.8. The molecule has 1 fully saturated rings. The molecule has 1 heterocycles. The lowest BCUT2D eigenvalue weighted by Crippen LogP contribution is -2.38. The normalized spacial score (nSPS) is 26.1. The van der Waals surface area contributed by atoms with Crippen molar-refractivity contribution in [1.29, 1.82) is 0 Å². The zero-order valence-electron chi connectivity index (χ0n) is 9.74. The number of hydrogen-bond acceptors (Lipinski definition) is 2. The average Bonchev–Trinajstić information content (AvgIpc) is 2.73. The summed E-state index contributed by atoms with van der Waals surface area (Å²) in [6, 6.07) is 3.75. The molecule has 0 saturated heterocycles. The first-order chi connectivity index (χ1) is 7.77. The summed E-state index contributed by atoms with van der Waals surface area (Å²) in [7, 11) is 0. The molecule has 0 spiro atoms. The van der Waals surface area contributed by atoms with Gasteiger partial charge in [0.05, 0.1) is 6.26 Å². The predicted molar refractivity (Wildman–Crippen MR) is 62.2 cm³/mol. The summed E-state index contributed by atoms with van der Waals surface area (Å²) in [5, 5.41) is 3.08. The topological polar surface area (TPSA) is 42.2 Å². The van der Waals surface area contributed by atoms with Crippen LogP contribution in [0.3, 0.4) is 0 Å². The molecular formula is C13H19NO2. The molecule has 2 rings (SSSR count). The van der Waals surface area contributed by atoms with Crippen molar-refractivity contribution in [3.8, 4) is 0 Å². The monoisotopic (exact) mass is 221 g/mol.